The van der Waals surface area contributed by atoms with Crippen LogP contribution in [0.5, 0.6) is 11.5 Å². The number of fused-ring (bicyclic) bond motifs is 1. The first kappa shape index (κ1) is 13.5. The number of hydrogen-bond acceptors (Lipinski definition) is 4. The van der Waals surface area contributed by atoms with Crippen LogP contribution in [0, 0.1) is 11.3 Å². The Hall–Kier alpha value is -2.45. The minimum Gasteiger partial charge on any atom is -0.454 e. The Kier molecular flexibility index (Phi) is 3.80. The molecule has 0 fully saturated rings. The van der Waals surface area contributed by atoms with Gasteiger partial charge in [0.1, 0.15) is 0 Å². The number of benzene rings is 2. The predicted molar refractivity (Wildman–Crippen MR) is 83.9 cm³/mol. The number of hydrogen-bond donors (Lipinski definition) is 1. The Balaban J connectivity index is 1.88. The topological polar surface area (TPSA) is 54.3 Å². The maximum Gasteiger partial charge on any atom is 0.231 e. The highest BCUT2D eigenvalue weighted by Gasteiger charge is 2.13. The Morgan fingerprint density at radius 2 is 1.90 bits per heavy atom. The van der Waals surface area contributed by atoms with Gasteiger partial charge in [-0.2, -0.15) is 5.26 Å². The van der Waals surface area contributed by atoms with E-state index in [0.29, 0.717) is 5.75 Å². The van der Waals surface area contributed by atoms with Gasteiger partial charge in [0.2, 0.25) is 6.79 Å². The fourth-order valence-corrected chi connectivity index (χ4v) is 2.28. The van der Waals surface area contributed by atoms with Gasteiger partial charge in [-0.1, -0.05) is 28.1 Å². The quantitative estimate of drug-likeness (QED) is 0.851. The van der Waals surface area contributed by atoms with Crippen molar-refractivity contribution in [1.82, 2.24) is 0 Å². The molecule has 2 aromatic carbocycles. The van der Waals surface area contributed by atoms with Gasteiger partial charge in [-0.15, -0.1) is 0 Å². The number of allylic oxidation sites excluding steroid dienone is 1. The van der Waals surface area contributed by atoms with Crippen LogP contribution in [0.15, 0.2) is 53.0 Å². The first-order valence-electron chi connectivity index (χ1n) is 6.28. The van der Waals surface area contributed by atoms with E-state index >= 15 is 0 Å². The normalized spacial score (nSPS) is 12.9. The highest BCUT2D eigenvalue weighted by Crippen LogP contribution is 2.35. The Labute approximate surface area is 130 Å². The first-order chi connectivity index (χ1) is 10.3. The van der Waals surface area contributed by atoms with Crippen LogP contribution in [0.4, 0.5) is 5.69 Å². The molecule has 0 atom stereocenters. The largest absolute Gasteiger partial charge is 0.454 e. The number of anilines is 1. The molecule has 1 heterocycles. The molecule has 0 bridgehead atoms. The average molecular weight is 343 g/mol. The molecular weight excluding hydrogens is 332 g/mol. The van der Waals surface area contributed by atoms with Crippen molar-refractivity contribution in [2.45, 2.75) is 0 Å². The molecule has 0 saturated carbocycles. The third-order valence-electron chi connectivity index (χ3n) is 3.02. The van der Waals surface area contributed by atoms with E-state index in [1.54, 1.807) is 0 Å². The van der Waals surface area contributed by atoms with Crippen LogP contribution in [-0.4, -0.2) is 6.79 Å². The molecule has 0 unspecified atom stereocenters. The zero-order chi connectivity index (χ0) is 14.7. The Bertz CT molecular complexity index is 733. The summed E-state index contributed by atoms with van der Waals surface area (Å²) in [5.41, 5.74) is 2.49. The minimum absolute atomic E-state index is 0.242. The van der Waals surface area contributed by atoms with Gasteiger partial charge in [0.25, 0.3) is 0 Å². The molecular formula is C16H11BrN2O2. The van der Waals surface area contributed by atoms with Gasteiger partial charge in [0.05, 0.1) is 11.8 Å². The summed E-state index contributed by atoms with van der Waals surface area (Å²) >= 11 is 3.40. The van der Waals surface area contributed by atoms with Crippen LogP contribution in [0.3, 0.4) is 0 Å². The van der Waals surface area contributed by atoms with Crippen LogP contribution in [0.2, 0.25) is 0 Å². The van der Waals surface area contributed by atoms with Gasteiger partial charge in [-0.05, 0) is 29.8 Å². The highest BCUT2D eigenvalue weighted by atomic mass is 79.9. The lowest BCUT2D eigenvalue weighted by Gasteiger charge is -2.11. The van der Waals surface area contributed by atoms with Crippen molar-refractivity contribution in [1.29, 1.82) is 5.26 Å². The van der Waals surface area contributed by atoms with E-state index in [-0.39, 0.29) is 6.79 Å². The van der Waals surface area contributed by atoms with Crippen molar-refractivity contribution in [2.24, 2.45) is 0 Å². The van der Waals surface area contributed by atoms with Crippen molar-refractivity contribution in [3.63, 3.8) is 0 Å². The second-order valence-electron chi connectivity index (χ2n) is 4.39. The molecule has 21 heavy (non-hydrogen) atoms. The molecule has 0 amide bonds. The average Bonchev–Trinajstić information content (AvgIpc) is 2.95. The van der Waals surface area contributed by atoms with Gasteiger partial charge in [-0.25, -0.2) is 0 Å². The van der Waals surface area contributed by atoms with Gasteiger partial charge >= 0.3 is 0 Å². The molecule has 3 rings (SSSR count). The molecule has 2 aromatic rings. The van der Waals surface area contributed by atoms with Crippen molar-refractivity contribution >= 4 is 27.3 Å². The lowest BCUT2D eigenvalue weighted by atomic mass is 10.1. The van der Waals surface area contributed by atoms with Crippen LogP contribution >= 0.6 is 15.9 Å². The van der Waals surface area contributed by atoms with Crippen LogP contribution < -0.4 is 14.8 Å². The zero-order valence-corrected chi connectivity index (χ0v) is 12.6. The summed E-state index contributed by atoms with van der Waals surface area (Å²) in [5, 5.41) is 12.2. The number of halogens is 1. The van der Waals surface area contributed by atoms with Crippen molar-refractivity contribution in [3.05, 3.63) is 58.6 Å². The monoisotopic (exact) mass is 342 g/mol. The summed E-state index contributed by atoms with van der Waals surface area (Å²) in [4.78, 5) is 0. The molecule has 0 aliphatic carbocycles. The van der Waals surface area contributed by atoms with Gasteiger partial charge in [0, 0.05) is 22.3 Å². The summed E-state index contributed by atoms with van der Waals surface area (Å²) in [7, 11) is 0. The van der Waals surface area contributed by atoms with E-state index in [0.717, 1.165) is 27.2 Å². The van der Waals surface area contributed by atoms with Crippen LogP contribution in [0.1, 0.15) is 5.56 Å². The van der Waals surface area contributed by atoms with Gasteiger partial charge in [0.15, 0.2) is 11.5 Å². The molecule has 104 valence electrons. The number of ether oxygens (including phenoxy) is 2. The van der Waals surface area contributed by atoms with Crippen molar-refractivity contribution < 1.29 is 9.47 Å². The van der Waals surface area contributed by atoms with Crippen LogP contribution in [0.25, 0.3) is 5.70 Å². The standard InChI is InChI=1S/C16H11BrN2O2/c17-12-3-1-11(2-4-12)14(7-8-18)19-13-5-6-15-16(9-13)21-10-20-15/h1-7,9,19H,10H2. The van der Waals surface area contributed by atoms with E-state index in [2.05, 4.69) is 27.3 Å². The molecule has 1 aliphatic rings. The van der Waals surface area contributed by atoms with E-state index in [1.807, 2.05) is 42.5 Å². The summed E-state index contributed by atoms with van der Waals surface area (Å²) in [6.07, 6.45) is 1.48. The molecule has 0 aromatic heterocycles. The molecule has 1 aliphatic heterocycles. The summed E-state index contributed by atoms with van der Waals surface area (Å²) in [6.45, 7) is 0.242. The first-order valence-corrected chi connectivity index (χ1v) is 7.08. The summed E-state index contributed by atoms with van der Waals surface area (Å²) in [6, 6.07) is 15.4. The lowest BCUT2D eigenvalue weighted by Crippen LogP contribution is -1.98. The van der Waals surface area contributed by atoms with E-state index < -0.39 is 0 Å². The second-order valence-corrected chi connectivity index (χ2v) is 5.30. The second kappa shape index (κ2) is 5.90. The summed E-state index contributed by atoms with van der Waals surface area (Å²) < 4.78 is 11.6. The fourth-order valence-electron chi connectivity index (χ4n) is 2.02. The van der Waals surface area contributed by atoms with Crippen molar-refractivity contribution in [2.75, 3.05) is 12.1 Å². The maximum absolute atomic E-state index is 8.97. The van der Waals surface area contributed by atoms with Gasteiger partial charge in [-0.3, -0.25) is 0 Å². The third kappa shape index (κ3) is 3.01. The fraction of sp³-hybridized carbons (Fsp3) is 0.0625. The van der Waals surface area contributed by atoms with E-state index in [9.17, 15) is 0 Å². The van der Waals surface area contributed by atoms with E-state index in [4.69, 9.17) is 14.7 Å². The number of nitrogens with zero attached hydrogens (tertiary/aromatic N) is 1. The molecule has 0 saturated heterocycles. The smallest absolute Gasteiger partial charge is 0.231 e. The highest BCUT2D eigenvalue weighted by molar-refractivity contribution is 9.10. The molecule has 4 nitrogen and oxygen atoms in total. The third-order valence-corrected chi connectivity index (χ3v) is 3.54. The molecule has 1 N–H and O–H groups in total. The number of rotatable bonds is 3. The predicted octanol–water partition coefficient (Wildman–Crippen LogP) is 4.15. The Morgan fingerprint density at radius 3 is 2.67 bits per heavy atom. The molecule has 5 heteroatoms. The van der Waals surface area contributed by atoms with Crippen molar-refractivity contribution in [3.8, 4) is 17.6 Å². The van der Waals surface area contributed by atoms with Gasteiger partial charge < -0.3 is 14.8 Å². The van der Waals surface area contributed by atoms with Crippen LogP contribution in [-0.2, 0) is 0 Å². The lowest BCUT2D eigenvalue weighted by molar-refractivity contribution is 0.174. The zero-order valence-electron chi connectivity index (χ0n) is 11.0. The minimum atomic E-state index is 0.242. The SMILES string of the molecule is N#CC=C(Nc1ccc2c(c1)OCO2)c1ccc(Br)cc1. The van der Waals surface area contributed by atoms with E-state index in [1.165, 1.54) is 6.08 Å². The molecule has 0 spiro atoms. The number of nitrogens with one attached hydrogen (secondary N) is 1. The molecule has 0 radical (unpaired) electrons. The summed E-state index contributed by atoms with van der Waals surface area (Å²) in [5.74, 6) is 1.43. The Morgan fingerprint density at radius 1 is 1.14 bits per heavy atom. The number of nitriles is 1. The maximum atomic E-state index is 8.97.